The smallest absolute Gasteiger partial charge is 0.325 e. The fourth-order valence-electron chi connectivity index (χ4n) is 1.92. The first-order valence-electron chi connectivity index (χ1n) is 6.64. The Morgan fingerprint density at radius 1 is 1.45 bits per heavy atom. The summed E-state index contributed by atoms with van der Waals surface area (Å²) in [6.07, 6.45) is 2.81. The average Bonchev–Trinajstić information content (AvgIpc) is 2.76. The lowest BCUT2D eigenvalue weighted by molar-refractivity contribution is -0.141. The number of amides is 1. The predicted molar refractivity (Wildman–Crippen MR) is 80.6 cm³/mol. The summed E-state index contributed by atoms with van der Waals surface area (Å²) in [6, 6.07) is 1.70. The van der Waals surface area contributed by atoms with Crippen LogP contribution in [0.3, 0.4) is 0 Å². The highest BCUT2D eigenvalue weighted by molar-refractivity contribution is 9.10. The second-order valence-electron chi connectivity index (χ2n) is 4.84. The highest BCUT2D eigenvalue weighted by Gasteiger charge is 2.24. The molecule has 0 fully saturated rings. The minimum absolute atomic E-state index is 0.0398. The maximum absolute atomic E-state index is 12.6. The molecule has 20 heavy (non-hydrogen) atoms. The van der Waals surface area contributed by atoms with Gasteiger partial charge in [0.25, 0.3) is 5.91 Å². The molecule has 0 spiro atoms. The van der Waals surface area contributed by atoms with Crippen molar-refractivity contribution in [3.05, 3.63) is 22.4 Å². The molecular formula is C14H21BrN2O3. The van der Waals surface area contributed by atoms with Gasteiger partial charge >= 0.3 is 5.97 Å². The zero-order valence-electron chi connectivity index (χ0n) is 12.4. The van der Waals surface area contributed by atoms with Gasteiger partial charge in [-0.2, -0.15) is 0 Å². The van der Waals surface area contributed by atoms with Crippen molar-refractivity contribution in [1.82, 2.24) is 9.47 Å². The third-order valence-electron chi connectivity index (χ3n) is 2.96. The number of carbonyl (C=O) groups excluding carboxylic acids is 2. The van der Waals surface area contributed by atoms with Crippen LogP contribution in [0.2, 0.25) is 0 Å². The molecule has 1 aromatic rings. The maximum atomic E-state index is 12.6. The van der Waals surface area contributed by atoms with E-state index in [9.17, 15) is 9.59 Å². The van der Waals surface area contributed by atoms with Gasteiger partial charge in [-0.15, -0.1) is 0 Å². The van der Waals surface area contributed by atoms with Crippen molar-refractivity contribution in [2.24, 2.45) is 0 Å². The zero-order valence-corrected chi connectivity index (χ0v) is 13.9. The molecule has 112 valence electrons. The van der Waals surface area contributed by atoms with Gasteiger partial charge < -0.3 is 14.2 Å². The Balaban J connectivity index is 3.02. The summed E-state index contributed by atoms with van der Waals surface area (Å²) in [5.74, 6) is -0.579. The number of hydrogen-bond donors (Lipinski definition) is 0. The Hall–Kier alpha value is -1.30. The minimum Gasteiger partial charge on any atom is -0.468 e. The van der Waals surface area contributed by atoms with Crippen LogP contribution in [-0.4, -0.2) is 41.0 Å². The number of ether oxygens (including phenoxy) is 1. The van der Waals surface area contributed by atoms with E-state index in [1.807, 2.05) is 24.6 Å². The van der Waals surface area contributed by atoms with Crippen LogP contribution in [0.4, 0.5) is 0 Å². The van der Waals surface area contributed by atoms with Crippen molar-refractivity contribution in [2.75, 3.05) is 13.7 Å². The number of halogens is 1. The number of methoxy groups -OCH3 is 1. The monoisotopic (exact) mass is 344 g/mol. The second kappa shape index (κ2) is 7.47. The molecule has 0 saturated carbocycles. The predicted octanol–water partition coefficient (Wildman–Crippen LogP) is 2.68. The summed E-state index contributed by atoms with van der Waals surface area (Å²) in [4.78, 5) is 25.6. The molecule has 0 N–H and O–H groups in total. The molecule has 5 nitrogen and oxygen atoms in total. The van der Waals surface area contributed by atoms with E-state index < -0.39 is 5.97 Å². The normalized spacial score (nSPS) is 10.7. The molecule has 0 saturated heterocycles. The third-order valence-corrected chi connectivity index (χ3v) is 3.39. The first-order valence-corrected chi connectivity index (χ1v) is 7.43. The SMILES string of the molecule is CCCn1cc(Br)cc1C(=O)N(CC(=O)OC)C(C)C. The number of aryl methyl sites for hydroxylation is 1. The molecule has 0 radical (unpaired) electrons. The first kappa shape index (κ1) is 16.8. The Bertz CT molecular complexity index is 483. The summed E-state index contributed by atoms with van der Waals surface area (Å²) in [5.41, 5.74) is 0.580. The van der Waals surface area contributed by atoms with E-state index in [-0.39, 0.29) is 18.5 Å². The molecule has 0 aromatic carbocycles. The molecule has 1 amide bonds. The molecule has 0 aliphatic heterocycles. The van der Waals surface area contributed by atoms with Gasteiger partial charge in [0.15, 0.2) is 0 Å². The van der Waals surface area contributed by atoms with E-state index in [2.05, 4.69) is 27.6 Å². The fraction of sp³-hybridized carbons (Fsp3) is 0.571. The van der Waals surface area contributed by atoms with E-state index in [0.717, 1.165) is 17.4 Å². The van der Waals surface area contributed by atoms with Gasteiger partial charge in [-0.25, -0.2) is 0 Å². The van der Waals surface area contributed by atoms with Crippen molar-refractivity contribution in [1.29, 1.82) is 0 Å². The maximum Gasteiger partial charge on any atom is 0.325 e. The zero-order chi connectivity index (χ0) is 15.3. The van der Waals surface area contributed by atoms with Crippen LogP contribution < -0.4 is 0 Å². The molecule has 0 atom stereocenters. The fourth-order valence-corrected chi connectivity index (χ4v) is 2.38. The van der Waals surface area contributed by atoms with Crippen molar-refractivity contribution >= 4 is 27.8 Å². The molecule has 0 aliphatic rings. The second-order valence-corrected chi connectivity index (χ2v) is 5.76. The van der Waals surface area contributed by atoms with E-state index in [4.69, 9.17) is 0 Å². The average molecular weight is 345 g/mol. The number of hydrogen-bond acceptors (Lipinski definition) is 3. The van der Waals surface area contributed by atoms with Crippen LogP contribution in [0.25, 0.3) is 0 Å². The van der Waals surface area contributed by atoms with E-state index in [1.165, 1.54) is 12.0 Å². The number of carbonyl (C=O) groups is 2. The van der Waals surface area contributed by atoms with E-state index in [1.54, 1.807) is 6.07 Å². The Morgan fingerprint density at radius 2 is 2.10 bits per heavy atom. The van der Waals surface area contributed by atoms with Gasteiger partial charge in [-0.05, 0) is 42.3 Å². The van der Waals surface area contributed by atoms with Crippen LogP contribution >= 0.6 is 15.9 Å². The van der Waals surface area contributed by atoms with Crippen LogP contribution in [-0.2, 0) is 16.1 Å². The number of esters is 1. The number of nitrogens with zero attached hydrogens (tertiary/aromatic N) is 2. The minimum atomic E-state index is -0.417. The van der Waals surface area contributed by atoms with Gasteiger partial charge in [0.05, 0.1) is 7.11 Å². The van der Waals surface area contributed by atoms with Gasteiger partial charge in [-0.3, -0.25) is 9.59 Å². The highest BCUT2D eigenvalue weighted by Crippen LogP contribution is 2.18. The lowest BCUT2D eigenvalue weighted by Gasteiger charge is -2.26. The summed E-state index contributed by atoms with van der Waals surface area (Å²) in [6.45, 7) is 6.53. The topological polar surface area (TPSA) is 51.5 Å². The number of aromatic nitrogens is 1. The van der Waals surface area contributed by atoms with Gasteiger partial charge in [-0.1, -0.05) is 6.92 Å². The largest absolute Gasteiger partial charge is 0.468 e. The molecule has 0 aliphatic carbocycles. The van der Waals surface area contributed by atoms with E-state index in [0.29, 0.717) is 5.69 Å². The van der Waals surface area contributed by atoms with Crippen molar-refractivity contribution in [3.8, 4) is 0 Å². The Morgan fingerprint density at radius 3 is 2.60 bits per heavy atom. The summed E-state index contributed by atoms with van der Waals surface area (Å²) in [5, 5.41) is 0. The summed E-state index contributed by atoms with van der Waals surface area (Å²) < 4.78 is 7.41. The lowest BCUT2D eigenvalue weighted by atomic mass is 10.2. The highest BCUT2D eigenvalue weighted by atomic mass is 79.9. The molecule has 1 heterocycles. The number of rotatable bonds is 6. The molecule has 0 unspecified atom stereocenters. The molecule has 1 aromatic heterocycles. The summed E-state index contributed by atoms with van der Waals surface area (Å²) >= 11 is 3.39. The molecule has 6 heteroatoms. The van der Waals surface area contributed by atoms with Gasteiger partial charge in [0, 0.05) is 23.3 Å². The Kier molecular flexibility index (Phi) is 6.26. The van der Waals surface area contributed by atoms with Crippen LogP contribution in [0.1, 0.15) is 37.7 Å². The summed E-state index contributed by atoms with van der Waals surface area (Å²) in [7, 11) is 1.32. The van der Waals surface area contributed by atoms with Crippen molar-refractivity contribution < 1.29 is 14.3 Å². The molecule has 0 bridgehead atoms. The van der Waals surface area contributed by atoms with Gasteiger partial charge in [0.2, 0.25) is 0 Å². The standard InChI is InChI=1S/C14H21BrN2O3/c1-5-6-16-8-11(15)7-12(16)14(19)17(10(2)3)9-13(18)20-4/h7-8,10H,5-6,9H2,1-4H3. The van der Waals surface area contributed by atoms with Crippen molar-refractivity contribution in [3.63, 3.8) is 0 Å². The van der Waals surface area contributed by atoms with Crippen LogP contribution in [0.5, 0.6) is 0 Å². The quantitative estimate of drug-likeness (QED) is 0.745. The van der Waals surface area contributed by atoms with Crippen LogP contribution in [0.15, 0.2) is 16.7 Å². The molecular weight excluding hydrogens is 324 g/mol. The third kappa shape index (κ3) is 4.10. The first-order chi connectivity index (χ1) is 9.40. The molecule has 1 rings (SSSR count). The van der Waals surface area contributed by atoms with Crippen molar-refractivity contribution in [2.45, 2.75) is 39.8 Å². The van der Waals surface area contributed by atoms with E-state index >= 15 is 0 Å². The lowest BCUT2D eigenvalue weighted by Crippen LogP contribution is -2.41. The van der Waals surface area contributed by atoms with Crippen LogP contribution in [0, 0.1) is 0 Å². The van der Waals surface area contributed by atoms with Gasteiger partial charge in [0.1, 0.15) is 12.2 Å². The Labute approximate surface area is 128 Å².